The second-order valence-electron chi connectivity index (χ2n) is 10.1. The Morgan fingerprint density at radius 1 is 1.21 bits per heavy atom. The topological polar surface area (TPSA) is 85.5 Å². The molecule has 2 fully saturated rings. The van der Waals surface area contributed by atoms with Gasteiger partial charge < -0.3 is 15.4 Å². The van der Waals surface area contributed by atoms with Gasteiger partial charge in [-0.2, -0.15) is 5.10 Å². The molecule has 38 heavy (non-hydrogen) atoms. The third kappa shape index (κ3) is 4.42. The van der Waals surface area contributed by atoms with Crippen LogP contribution < -0.4 is 15.4 Å². The maximum absolute atomic E-state index is 16.1. The summed E-state index contributed by atoms with van der Waals surface area (Å²) in [6.07, 6.45) is 9.46. The van der Waals surface area contributed by atoms with Crippen LogP contribution in [0.1, 0.15) is 54.1 Å². The number of hydrogen-bond donors (Lipinski definition) is 2. The van der Waals surface area contributed by atoms with E-state index in [9.17, 15) is 9.18 Å². The zero-order valence-electron chi connectivity index (χ0n) is 21.4. The number of carbonyl (C=O) groups is 1. The molecular formula is C28H30F2N6O2. The number of nitrogens with zero attached hydrogens (tertiary/aromatic N) is 4. The molecule has 6 rings (SSSR count). The quantitative estimate of drug-likeness (QED) is 0.376. The number of imidazole rings is 1. The molecule has 1 aliphatic carbocycles. The Labute approximate surface area is 219 Å². The molecule has 3 aromatic heterocycles. The molecule has 0 spiro atoms. The second-order valence-corrected chi connectivity index (χ2v) is 10.1. The summed E-state index contributed by atoms with van der Waals surface area (Å²) in [5.74, 6) is 0.173. The van der Waals surface area contributed by atoms with Gasteiger partial charge in [-0.3, -0.25) is 9.20 Å². The van der Waals surface area contributed by atoms with E-state index in [1.807, 2.05) is 11.3 Å². The van der Waals surface area contributed by atoms with Crippen molar-refractivity contribution in [2.75, 3.05) is 19.7 Å². The number of hydrogen-bond acceptors (Lipinski definition) is 5. The van der Waals surface area contributed by atoms with E-state index >= 15 is 4.39 Å². The van der Waals surface area contributed by atoms with Crippen molar-refractivity contribution in [3.63, 3.8) is 0 Å². The van der Waals surface area contributed by atoms with Gasteiger partial charge in [-0.25, -0.2) is 18.4 Å². The van der Waals surface area contributed by atoms with Crippen LogP contribution in [0.2, 0.25) is 0 Å². The van der Waals surface area contributed by atoms with Crippen molar-refractivity contribution in [3.05, 3.63) is 65.5 Å². The Morgan fingerprint density at radius 2 is 2.00 bits per heavy atom. The fourth-order valence-corrected chi connectivity index (χ4v) is 5.10. The van der Waals surface area contributed by atoms with Gasteiger partial charge in [0.2, 0.25) is 0 Å². The first-order valence-electron chi connectivity index (χ1n) is 13.1. The summed E-state index contributed by atoms with van der Waals surface area (Å²) in [7, 11) is 0. The number of nitrogens with one attached hydrogen (secondary N) is 2. The lowest BCUT2D eigenvalue weighted by Gasteiger charge is -2.31. The van der Waals surface area contributed by atoms with E-state index in [2.05, 4.69) is 20.7 Å². The molecule has 1 saturated heterocycles. The summed E-state index contributed by atoms with van der Waals surface area (Å²) >= 11 is 0. The number of pyridine rings is 1. The van der Waals surface area contributed by atoms with E-state index in [1.54, 1.807) is 48.5 Å². The van der Waals surface area contributed by atoms with E-state index < -0.39 is 17.4 Å². The molecule has 4 aromatic rings. The highest BCUT2D eigenvalue weighted by molar-refractivity contribution is 5.96. The summed E-state index contributed by atoms with van der Waals surface area (Å²) in [5.41, 5.74) is 1.75. The van der Waals surface area contributed by atoms with Crippen molar-refractivity contribution in [2.45, 2.75) is 51.2 Å². The Morgan fingerprint density at radius 3 is 2.74 bits per heavy atom. The van der Waals surface area contributed by atoms with Gasteiger partial charge in [0.05, 0.1) is 24.6 Å². The zero-order valence-corrected chi connectivity index (χ0v) is 21.4. The molecular weight excluding hydrogens is 490 g/mol. The number of aryl methyl sites for hydroxylation is 1. The molecule has 2 N–H and O–H groups in total. The van der Waals surface area contributed by atoms with Gasteiger partial charge in [0, 0.05) is 35.6 Å². The molecule has 0 bridgehead atoms. The third-order valence-corrected chi connectivity index (χ3v) is 7.37. The lowest BCUT2D eigenvalue weighted by molar-refractivity contribution is 0.0947. The van der Waals surface area contributed by atoms with Crippen LogP contribution in [0.15, 0.2) is 43.0 Å². The van der Waals surface area contributed by atoms with Gasteiger partial charge in [-0.15, -0.1) is 0 Å². The van der Waals surface area contributed by atoms with E-state index in [-0.39, 0.29) is 11.6 Å². The van der Waals surface area contributed by atoms with Crippen LogP contribution in [0.5, 0.6) is 5.75 Å². The molecule has 8 nitrogen and oxygen atoms in total. The number of carbonyl (C=O) groups excluding carboxylic acids is 1. The van der Waals surface area contributed by atoms with Gasteiger partial charge >= 0.3 is 0 Å². The largest absolute Gasteiger partial charge is 0.493 e. The van der Waals surface area contributed by atoms with Crippen molar-refractivity contribution >= 4 is 11.6 Å². The average Bonchev–Trinajstić information content (AvgIpc) is 3.41. The lowest BCUT2D eigenvalue weighted by atomic mass is 9.87. The van der Waals surface area contributed by atoms with Gasteiger partial charge in [0.15, 0.2) is 5.82 Å². The van der Waals surface area contributed by atoms with Crippen molar-refractivity contribution < 1.29 is 18.3 Å². The number of amides is 1. The standard InChI is InChI=1S/C28H30F2N6O2/c1-3-38-24-12-25-32-14-26(35(25)16-22(24)28(30)6-8-31-9-7-28)36-15-18(13-33-36)20-11-21(23(29)10-17(20)2)27(37)34-19-4-5-19/h10-16,19,31H,3-9H2,1-2H3,(H,34,37). The molecule has 0 radical (unpaired) electrons. The summed E-state index contributed by atoms with van der Waals surface area (Å²) < 4.78 is 40.0. The number of rotatable bonds is 7. The van der Waals surface area contributed by atoms with Crippen LogP contribution in [0, 0.1) is 12.7 Å². The minimum Gasteiger partial charge on any atom is -0.493 e. The average molecular weight is 521 g/mol. The van der Waals surface area contributed by atoms with Crippen molar-refractivity contribution in [2.24, 2.45) is 0 Å². The maximum atomic E-state index is 16.1. The normalized spacial score (nSPS) is 17.1. The van der Waals surface area contributed by atoms with E-state index in [0.29, 0.717) is 66.4 Å². The van der Waals surface area contributed by atoms with Gasteiger partial charge in [-0.05, 0) is 75.9 Å². The molecule has 1 saturated carbocycles. The van der Waals surface area contributed by atoms with Crippen molar-refractivity contribution in [1.82, 2.24) is 29.8 Å². The minimum absolute atomic E-state index is 0.0170. The second kappa shape index (κ2) is 9.50. The first-order chi connectivity index (χ1) is 18.4. The van der Waals surface area contributed by atoms with E-state index in [4.69, 9.17) is 4.74 Å². The summed E-state index contributed by atoms with van der Waals surface area (Å²) in [5, 5.41) is 10.6. The summed E-state index contributed by atoms with van der Waals surface area (Å²) in [6, 6.07) is 4.86. The van der Waals surface area contributed by atoms with Crippen molar-refractivity contribution in [1.29, 1.82) is 0 Å². The maximum Gasteiger partial charge on any atom is 0.254 e. The minimum atomic E-state index is -1.51. The first kappa shape index (κ1) is 24.5. The number of piperidine rings is 1. The summed E-state index contributed by atoms with van der Waals surface area (Å²) in [4.78, 5) is 17.1. The molecule has 1 aromatic carbocycles. The zero-order chi connectivity index (χ0) is 26.4. The van der Waals surface area contributed by atoms with Crippen LogP contribution >= 0.6 is 0 Å². The Hall–Kier alpha value is -3.79. The first-order valence-corrected chi connectivity index (χ1v) is 13.1. The predicted molar refractivity (Wildman–Crippen MR) is 139 cm³/mol. The number of alkyl halides is 1. The van der Waals surface area contributed by atoms with Crippen LogP contribution in [0.4, 0.5) is 8.78 Å². The fraction of sp³-hybridized carbons (Fsp3) is 0.393. The van der Waals surface area contributed by atoms with Crippen LogP contribution in [-0.4, -0.2) is 50.8 Å². The van der Waals surface area contributed by atoms with E-state index in [0.717, 1.165) is 18.4 Å². The molecule has 1 amide bonds. The Balaban J connectivity index is 1.39. The number of ether oxygens (including phenoxy) is 1. The van der Waals surface area contributed by atoms with Crippen LogP contribution in [0.25, 0.3) is 22.6 Å². The highest BCUT2D eigenvalue weighted by Gasteiger charge is 2.37. The SMILES string of the molecule is CCOc1cc2ncc(-n3cc(-c4cc(C(=O)NC5CC5)c(F)cc4C)cn3)n2cc1C1(F)CCNCC1. The number of fused-ring (bicyclic) bond motifs is 1. The third-order valence-electron chi connectivity index (χ3n) is 7.37. The lowest BCUT2D eigenvalue weighted by Crippen LogP contribution is -2.37. The summed E-state index contributed by atoms with van der Waals surface area (Å²) in [6.45, 7) is 5.29. The monoisotopic (exact) mass is 520 g/mol. The molecule has 2 aliphatic rings. The number of benzene rings is 1. The van der Waals surface area contributed by atoms with Gasteiger partial charge in [0.1, 0.15) is 22.9 Å². The number of aromatic nitrogens is 4. The molecule has 0 atom stereocenters. The van der Waals surface area contributed by atoms with Crippen LogP contribution in [-0.2, 0) is 5.67 Å². The van der Waals surface area contributed by atoms with Gasteiger partial charge in [-0.1, -0.05) is 0 Å². The molecule has 4 heterocycles. The molecule has 10 heteroatoms. The van der Waals surface area contributed by atoms with Crippen LogP contribution in [0.3, 0.4) is 0 Å². The van der Waals surface area contributed by atoms with Crippen molar-refractivity contribution in [3.8, 4) is 22.7 Å². The Bertz CT molecular complexity index is 1520. The number of halogens is 2. The smallest absolute Gasteiger partial charge is 0.254 e. The highest BCUT2D eigenvalue weighted by atomic mass is 19.1. The molecule has 0 unspecified atom stereocenters. The van der Waals surface area contributed by atoms with Gasteiger partial charge in [0.25, 0.3) is 5.91 Å². The highest BCUT2D eigenvalue weighted by Crippen LogP contribution is 2.41. The molecule has 1 aliphatic heterocycles. The molecule has 198 valence electrons. The fourth-order valence-electron chi connectivity index (χ4n) is 5.10. The predicted octanol–water partition coefficient (Wildman–Crippen LogP) is 4.47. The van der Waals surface area contributed by atoms with E-state index in [1.165, 1.54) is 6.07 Å². The Kier molecular flexibility index (Phi) is 6.14.